The molecule has 22 heavy (non-hydrogen) atoms. The number of benzene rings is 1. The minimum atomic E-state index is -0.555. The molecule has 4 unspecified atom stereocenters. The lowest BCUT2D eigenvalue weighted by Gasteiger charge is -2.22. The minimum Gasteiger partial charge on any atom is -0.371 e. The number of fused-ring (bicyclic) bond motifs is 5. The average Bonchev–Trinajstić information content (AvgIpc) is 3.19. The number of hydrogen-bond acceptors (Lipinski definition) is 3. The molecule has 2 saturated carbocycles. The van der Waals surface area contributed by atoms with Gasteiger partial charge in [0.25, 0.3) is 10.5 Å². The van der Waals surface area contributed by atoms with E-state index in [1.807, 2.05) is 0 Å². The molecule has 0 spiro atoms. The van der Waals surface area contributed by atoms with Gasteiger partial charge in [-0.2, -0.15) is 0 Å². The van der Waals surface area contributed by atoms with Crippen molar-refractivity contribution < 1.29 is 9.59 Å². The molecule has 0 N–H and O–H groups in total. The van der Waals surface area contributed by atoms with Crippen LogP contribution in [0.3, 0.4) is 0 Å². The first-order chi connectivity index (χ1) is 10.5. The van der Waals surface area contributed by atoms with E-state index in [1.54, 1.807) is 12.1 Å². The van der Waals surface area contributed by atoms with Gasteiger partial charge in [-0.15, -0.1) is 0 Å². The molecular weight excluding hydrogens is 321 g/mol. The van der Waals surface area contributed by atoms with Crippen LogP contribution >= 0.6 is 23.2 Å². The van der Waals surface area contributed by atoms with E-state index >= 15 is 0 Å². The van der Waals surface area contributed by atoms with E-state index in [-0.39, 0.29) is 0 Å². The Morgan fingerprint density at radius 2 is 1.41 bits per heavy atom. The first-order valence-corrected chi connectivity index (χ1v) is 8.58. The Hall–Kier alpha value is -1.06. The summed E-state index contributed by atoms with van der Waals surface area (Å²) in [4.78, 5) is 25.3. The van der Waals surface area contributed by atoms with Gasteiger partial charge in [0.2, 0.25) is 0 Å². The molecule has 3 fully saturated rings. The largest absolute Gasteiger partial charge is 0.371 e. The number of halogens is 2. The van der Waals surface area contributed by atoms with Crippen molar-refractivity contribution in [3.05, 3.63) is 29.3 Å². The summed E-state index contributed by atoms with van der Waals surface area (Å²) < 4.78 is 0. The van der Waals surface area contributed by atoms with Gasteiger partial charge in [0, 0.05) is 29.9 Å². The summed E-state index contributed by atoms with van der Waals surface area (Å²) in [5.74, 6) is 3.27. The molecule has 1 heterocycles. The fourth-order valence-electron chi connectivity index (χ4n) is 4.91. The van der Waals surface area contributed by atoms with Gasteiger partial charge in [-0.25, -0.2) is 0 Å². The standard InChI is InChI=1S/C17H17Cl2NO2/c18-16(21)11-4-12(17(19)22)6-13(5-11)20-7-14-9-1-2-10(3-9)15(14)8-20/h4-6,9-10,14-15H,1-3,7-8H2. The highest BCUT2D eigenvalue weighted by Gasteiger charge is 2.51. The van der Waals surface area contributed by atoms with Crippen molar-refractivity contribution in [2.45, 2.75) is 19.3 Å². The molecule has 1 saturated heterocycles. The maximum absolute atomic E-state index is 11.5. The van der Waals surface area contributed by atoms with Crippen LogP contribution in [0, 0.1) is 23.7 Å². The van der Waals surface area contributed by atoms with E-state index in [9.17, 15) is 9.59 Å². The third kappa shape index (κ3) is 2.26. The first-order valence-electron chi connectivity index (χ1n) is 7.82. The lowest BCUT2D eigenvalue weighted by Crippen LogP contribution is -2.22. The van der Waals surface area contributed by atoms with E-state index in [4.69, 9.17) is 23.2 Å². The van der Waals surface area contributed by atoms with Crippen molar-refractivity contribution in [2.24, 2.45) is 23.7 Å². The van der Waals surface area contributed by atoms with E-state index in [1.165, 1.54) is 25.3 Å². The van der Waals surface area contributed by atoms with Crippen molar-refractivity contribution in [1.29, 1.82) is 0 Å². The third-order valence-corrected chi connectivity index (χ3v) is 6.31. The third-order valence-electron chi connectivity index (χ3n) is 5.87. The van der Waals surface area contributed by atoms with Crippen LogP contribution in [0.2, 0.25) is 0 Å². The molecule has 116 valence electrons. The zero-order valence-corrected chi connectivity index (χ0v) is 13.6. The Balaban J connectivity index is 1.65. The number of carbonyl (C=O) groups excluding carboxylic acids is 2. The monoisotopic (exact) mass is 337 g/mol. The maximum Gasteiger partial charge on any atom is 0.252 e. The first kappa shape index (κ1) is 14.5. The number of nitrogens with zero attached hydrogens (tertiary/aromatic N) is 1. The van der Waals surface area contributed by atoms with Crippen LogP contribution in [0.4, 0.5) is 5.69 Å². The highest BCUT2D eigenvalue weighted by Crippen LogP contribution is 2.55. The van der Waals surface area contributed by atoms with Crippen LogP contribution in [0.5, 0.6) is 0 Å². The minimum absolute atomic E-state index is 0.336. The molecule has 5 heteroatoms. The molecule has 2 aliphatic carbocycles. The van der Waals surface area contributed by atoms with Gasteiger partial charge in [-0.05, 0) is 84.3 Å². The second kappa shape index (κ2) is 5.24. The number of anilines is 1. The quantitative estimate of drug-likeness (QED) is 0.784. The van der Waals surface area contributed by atoms with E-state index in [0.717, 1.165) is 42.4 Å². The SMILES string of the molecule is O=C(Cl)c1cc(C(=O)Cl)cc(N2CC3C4CCC(C4)C3C2)c1. The summed E-state index contributed by atoms with van der Waals surface area (Å²) in [6.07, 6.45) is 4.13. The molecule has 4 atom stereocenters. The highest BCUT2D eigenvalue weighted by molar-refractivity contribution is 6.69. The van der Waals surface area contributed by atoms with Gasteiger partial charge < -0.3 is 4.90 Å². The topological polar surface area (TPSA) is 37.4 Å². The van der Waals surface area contributed by atoms with Gasteiger partial charge in [-0.1, -0.05) is 0 Å². The molecule has 3 nitrogen and oxygen atoms in total. The van der Waals surface area contributed by atoms with Gasteiger partial charge in [0.05, 0.1) is 0 Å². The van der Waals surface area contributed by atoms with E-state index in [0.29, 0.717) is 11.1 Å². The van der Waals surface area contributed by atoms with Gasteiger partial charge in [-0.3, -0.25) is 9.59 Å². The Bertz CT molecular complexity index is 610. The number of carbonyl (C=O) groups is 2. The van der Waals surface area contributed by atoms with Crippen LogP contribution in [-0.4, -0.2) is 23.6 Å². The molecular formula is C17H17Cl2NO2. The lowest BCUT2D eigenvalue weighted by atomic mass is 9.82. The van der Waals surface area contributed by atoms with Crippen molar-refractivity contribution in [2.75, 3.05) is 18.0 Å². The van der Waals surface area contributed by atoms with Gasteiger partial charge >= 0.3 is 0 Å². The van der Waals surface area contributed by atoms with Crippen LogP contribution in [0.1, 0.15) is 40.0 Å². The molecule has 1 aromatic rings. The Morgan fingerprint density at radius 1 is 0.909 bits per heavy atom. The predicted octanol–water partition coefficient (Wildman–Crippen LogP) is 3.93. The van der Waals surface area contributed by atoms with Crippen molar-refractivity contribution in [1.82, 2.24) is 0 Å². The summed E-state index contributed by atoms with van der Waals surface area (Å²) in [7, 11) is 0. The molecule has 1 aromatic carbocycles. The van der Waals surface area contributed by atoms with Crippen molar-refractivity contribution >= 4 is 39.4 Å². The molecule has 0 amide bonds. The van der Waals surface area contributed by atoms with Crippen LogP contribution in [-0.2, 0) is 0 Å². The van der Waals surface area contributed by atoms with Gasteiger partial charge in [0.1, 0.15) is 0 Å². The van der Waals surface area contributed by atoms with E-state index in [2.05, 4.69) is 4.90 Å². The van der Waals surface area contributed by atoms with Gasteiger partial charge in [0.15, 0.2) is 0 Å². The maximum atomic E-state index is 11.5. The fourth-order valence-corrected chi connectivity index (χ4v) is 5.13. The highest BCUT2D eigenvalue weighted by atomic mass is 35.5. The molecule has 3 aliphatic rings. The second-order valence-electron chi connectivity index (χ2n) is 6.88. The number of rotatable bonds is 3. The Kier molecular flexibility index (Phi) is 3.46. The molecule has 1 aliphatic heterocycles. The molecule has 2 bridgehead atoms. The zero-order chi connectivity index (χ0) is 15.4. The summed E-state index contributed by atoms with van der Waals surface area (Å²) in [5, 5.41) is -1.11. The van der Waals surface area contributed by atoms with Crippen LogP contribution in [0.15, 0.2) is 18.2 Å². The molecule has 0 aromatic heterocycles. The Morgan fingerprint density at radius 3 is 1.86 bits per heavy atom. The van der Waals surface area contributed by atoms with Crippen LogP contribution in [0.25, 0.3) is 0 Å². The fraction of sp³-hybridized carbons (Fsp3) is 0.529. The molecule has 0 radical (unpaired) electrons. The summed E-state index contributed by atoms with van der Waals surface area (Å²) in [5.41, 5.74) is 1.57. The lowest BCUT2D eigenvalue weighted by molar-refractivity contribution is 0.108. The number of hydrogen-bond donors (Lipinski definition) is 0. The second-order valence-corrected chi connectivity index (χ2v) is 7.57. The normalized spacial score (nSPS) is 32.4. The molecule has 4 rings (SSSR count). The predicted molar refractivity (Wildman–Crippen MR) is 86.8 cm³/mol. The average molecular weight is 338 g/mol. The van der Waals surface area contributed by atoms with E-state index < -0.39 is 10.5 Å². The van der Waals surface area contributed by atoms with Crippen molar-refractivity contribution in [3.63, 3.8) is 0 Å². The van der Waals surface area contributed by atoms with Crippen molar-refractivity contribution in [3.8, 4) is 0 Å². The summed E-state index contributed by atoms with van der Waals surface area (Å²) in [6, 6.07) is 5.03. The summed E-state index contributed by atoms with van der Waals surface area (Å²) >= 11 is 11.2. The summed E-state index contributed by atoms with van der Waals surface area (Å²) in [6.45, 7) is 2.03. The zero-order valence-electron chi connectivity index (χ0n) is 12.1. The Labute approximate surface area is 139 Å². The van der Waals surface area contributed by atoms with Crippen LogP contribution < -0.4 is 4.90 Å². The smallest absolute Gasteiger partial charge is 0.252 e.